The second kappa shape index (κ2) is 7.32. The number of nitrogens with zero attached hydrogens (tertiary/aromatic N) is 3. The van der Waals surface area contributed by atoms with Crippen molar-refractivity contribution in [2.45, 2.75) is 13.8 Å². The van der Waals surface area contributed by atoms with Crippen LogP contribution < -0.4 is 16.2 Å². The molecule has 0 saturated heterocycles. The predicted molar refractivity (Wildman–Crippen MR) is 90.4 cm³/mol. The number of aromatic nitrogens is 1. The van der Waals surface area contributed by atoms with Gasteiger partial charge in [-0.1, -0.05) is 17.7 Å². The van der Waals surface area contributed by atoms with E-state index in [4.69, 9.17) is 22.1 Å². The molecule has 1 heterocycles. The van der Waals surface area contributed by atoms with E-state index in [0.717, 1.165) is 11.1 Å². The fourth-order valence-electron chi connectivity index (χ4n) is 2.07. The lowest BCUT2D eigenvalue weighted by Gasteiger charge is -2.12. The van der Waals surface area contributed by atoms with Gasteiger partial charge in [0.1, 0.15) is 12.1 Å². The maximum atomic E-state index is 11.9. The summed E-state index contributed by atoms with van der Waals surface area (Å²) >= 11 is 5.97. The third-order valence-corrected chi connectivity index (χ3v) is 3.26. The first-order valence-electron chi connectivity index (χ1n) is 6.85. The van der Waals surface area contributed by atoms with Crippen molar-refractivity contribution in [3.63, 3.8) is 0 Å². The standard InChI is InChI=1S/C16H13ClN6O/c1-9-3-10(2)5-12(4-9)20-16(24)23-22-15-13(17)6-11(7-18)14(8-19)21-15/h3-6H,1-2H3,(H,21,22)(H2,20,23,24). The molecule has 0 unspecified atom stereocenters. The molecule has 0 fully saturated rings. The highest BCUT2D eigenvalue weighted by Gasteiger charge is 2.11. The van der Waals surface area contributed by atoms with Crippen molar-refractivity contribution in [2.24, 2.45) is 0 Å². The molecule has 1 aromatic carbocycles. The van der Waals surface area contributed by atoms with Crippen molar-refractivity contribution >= 4 is 29.1 Å². The molecule has 0 aliphatic rings. The summed E-state index contributed by atoms with van der Waals surface area (Å²) in [6.07, 6.45) is 0. The van der Waals surface area contributed by atoms with E-state index in [9.17, 15) is 4.79 Å². The van der Waals surface area contributed by atoms with E-state index in [1.54, 1.807) is 6.07 Å². The molecule has 1 aromatic heterocycles. The average Bonchev–Trinajstić information content (AvgIpc) is 2.52. The largest absolute Gasteiger partial charge is 0.337 e. The number of nitriles is 2. The van der Waals surface area contributed by atoms with Gasteiger partial charge in [0.25, 0.3) is 0 Å². The van der Waals surface area contributed by atoms with E-state index in [1.807, 2.05) is 38.1 Å². The van der Waals surface area contributed by atoms with Gasteiger partial charge in [0.2, 0.25) is 0 Å². The summed E-state index contributed by atoms with van der Waals surface area (Å²) in [4.78, 5) is 15.8. The number of benzene rings is 1. The first kappa shape index (κ1) is 17.1. The number of rotatable bonds is 3. The zero-order chi connectivity index (χ0) is 17.7. The number of aryl methyl sites for hydroxylation is 2. The van der Waals surface area contributed by atoms with Crippen molar-refractivity contribution in [3.05, 3.63) is 51.7 Å². The van der Waals surface area contributed by atoms with Crippen LogP contribution in [0.2, 0.25) is 5.02 Å². The van der Waals surface area contributed by atoms with Crippen LogP contribution in [0.3, 0.4) is 0 Å². The molecule has 8 heteroatoms. The van der Waals surface area contributed by atoms with Gasteiger partial charge in [-0.2, -0.15) is 10.5 Å². The number of halogens is 1. The number of urea groups is 1. The third kappa shape index (κ3) is 4.13. The van der Waals surface area contributed by atoms with Crippen LogP contribution in [0, 0.1) is 36.5 Å². The smallest absolute Gasteiger partial charge is 0.307 e. The molecular formula is C16H13ClN6O. The highest BCUT2D eigenvalue weighted by Crippen LogP contribution is 2.21. The van der Waals surface area contributed by atoms with Gasteiger partial charge < -0.3 is 5.32 Å². The van der Waals surface area contributed by atoms with Gasteiger partial charge in [-0.25, -0.2) is 15.2 Å². The monoisotopic (exact) mass is 340 g/mol. The van der Waals surface area contributed by atoms with Crippen LogP contribution in [0.1, 0.15) is 22.4 Å². The molecule has 2 rings (SSSR count). The summed E-state index contributed by atoms with van der Waals surface area (Å²) < 4.78 is 0. The predicted octanol–water partition coefficient (Wildman–Crippen LogP) is 3.24. The molecule has 0 saturated carbocycles. The van der Waals surface area contributed by atoms with Crippen molar-refractivity contribution in [2.75, 3.05) is 10.7 Å². The van der Waals surface area contributed by atoms with Crippen LogP contribution in [-0.2, 0) is 0 Å². The molecule has 0 spiro atoms. The van der Waals surface area contributed by atoms with Gasteiger partial charge in [-0.15, -0.1) is 0 Å². The molecule has 0 aliphatic carbocycles. The van der Waals surface area contributed by atoms with Crippen molar-refractivity contribution in [1.82, 2.24) is 10.4 Å². The van der Waals surface area contributed by atoms with E-state index in [2.05, 4.69) is 21.2 Å². The van der Waals surface area contributed by atoms with Crippen LogP contribution in [0.25, 0.3) is 0 Å². The topological polar surface area (TPSA) is 114 Å². The Hall–Kier alpha value is -3.29. The van der Waals surface area contributed by atoms with E-state index in [0.29, 0.717) is 5.69 Å². The first-order chi connectivity index (χ1) is 11.4. The zero-order valence-electron chi connectivity index (χ0n) is 12.9. The number of carbonyl (C=O) groups excluding carboxylic acids is 1. The quantitative estimate of drug-likeness (QED) is 0.742. The number of pyridine rings is 1. The lowest BCUT2D eigenvalue weighted by atomic mass is 10.1. The van der Waals surface area contributed by atoms with Crippen LogP contribution >= 0.6 is 11.6 Å². The number of hydrazine groups is 1. The van der Waals surface area contributed by atoms with Crippen LogP contribution in [0.5, 0.6) is 0 Å². The molecule has 2 aromatic rings. The number of hydrogen-bond donors (Lipinski definition) is 3. The van der Waals surface area contributed by atoms with Crippen molar-refractivity contribution < 1.29 is 4.79 Å². The van der Waals surface area contributed by atoms with Gasteiger partial charge in [-0.05, 0) is 43.2 Å². The molecule has 7 nitrogen and oxygen atoms in total. The fraction of sp³-hybridized carbons (Fsp3) is 0.125. The van der Waals surface area contributed by atoms with Crippen molar-refractivity contribution in [1.29, 1.82) is 10.5 Å². The number of nitrogens with one attached hydrogen (secondary N) is 3. The van der Waals surface area contributed by atoms with Crippen LogP contribution in [0.15, 0.2) is 24.3 Å². The lowest BCUT2D eigenvalue weighted by Crippen LogP contribution is -2.34. The van der Waals surface area contributed by atoms with E-state index in [1.165, 1.54) is 6.07 Å². The highest BCUT2D eigenvalue weighted by molar-refractivity contribution is 6.33. The molecule has 0 radical (unpaired) electrons. The maximum Gasteiger partial charge on any atom is 0.337 e. The summed E-state index contributed by atoms with van der Waals surface area (Å²) in [5.41, 5.74) is 7.57. The fourth-order valence-corrected chi connectivity index (χ4v) is 2.27. The molecule has 3 N–H and O–H groups in total. The Bertz CT molecular complexity index is 861. The number of anilines is 2. The van der Waals surface area contributed by atoms with Gasteiger partial charge in [0.05, 0.1) is 10.6 Å². The summed E-state index contributed by atoms with van der Waals surface area (Å²) in [5, 5.41) is 20.6. The average molecular weight is 341 g/mol. The molecule has 24 heavy (non-hydrogen) atoms. The van der Waals surface area contributed by atoms with E-state index in [-0.39, 0.29) is 22.1 Å². The molecule has 120 valence electrons. The Morgan fingerprint density at radius 2 is 1.79 bits per heavy atom. The minimum absolute atomic E-state index is 0.0627. The molecule has 0 bridgehead atoms. The number of carbonyl (C=O) groups is 1. The van der Waals surface area contributed by atoms with Gasteiger partial charge in [0, 0.05) is 5.69 Å². The Labute approximate surface area is 143 Å². The van der Waals surface area contributed by atoms with E-state index < -0.39 is 6.03 Å². The van der Waals surface area contributed by atoms with Crippen molar-refractivity contribution in [3.8, 4) is 12.1 Å². The minimum atomic E-state index is -0.527. The SMILES string of the molecule is Cc1cc(C)cc(NC(=O)NNc2nc(C#N)c(C#N)cc2Cl)c1. The van der Waals surface area contributed by atoms with Crippen LogP contribution in [-0.4, -0.2) is 11.0 Å². The summed E-state index contributed by atoms with van der Waals surface area (Å²) in [6.45, 7) is 3.86. The number of amides is 2. The lowest BCUT2D eigenvalue weighted by molar-refractivity contribution is 0.254. The summed E-state index contributed by atoms with van der Waals surface area (Å²) in [7, 11) is 0. The molecule has 0 atom stereocenters. The van der Waals surface area contributed by atoms with Gasteiger partial charge in [-0.3, -0.25) is 5.43 Å². The van der Waals surface area contributed by atoms with E-state index >= 15 is 0 Å². The molecular weight excluding hydrogens is 328 g/mol. The highest BCUT2D eigenvalue weighted by atomic mass is 35.5. The third-order valence-electron chi connectivity index (χ3n) is 2.98. The second-order valence-corrected chi connectivity index (χ2v) is 5.43. The number of hydrogen-bond acceptors (Lipinski definition) is 5. The Kier molecular flexibility index (Phi) is 5.20. The first-order valence-corrected chi connectivity index (χ1v) is 7.22. The second-order valence-electron chi connectivity index (χ2n) is 5.02. The van der Waals surface area contributed by atoms with Gasteiger partial charge in [0.15, 0.2) is 11.5 Å². The molecule has 2 amide bonds. The minimum Gasteiger partial charge on any atom is -0.307 e. The maximum absolute atomic E-state index is 11.9. The summed E-state index contributed by atoms with van der Waals surface area (Å²) in [6, 6.07) is 10.0. The Balaban J connectivity index is 2.07. The Morgan fingerprint density at radius 1 is 1.12 bits per heavy atom. The summed E-state index contributed by atoms with van der Waals surface area (Å²) in [5.74, 6) is 0.0720. The normalized spacial score (nSPS) is 9.54. The Morgan fingerprint density at radius 3 is 2.38 bits per heavy atom. The zero-order valence-corrected chi connectivity index (χ0v) is 13.7. The van der Waals surface area contributed by atoms with Crippen LogP contribution in [0.4, 0.5) is 16.3 Å². The molecule has 0 aliphatic heterocycles. The van der Waals surface area contributed by atoms with Gasteiger partial charge >= 0.3 is 6.03 Å².